The van der Waals surface area contributed by atoms with Gasteiger partial charge in [0, 0.05) is 22.2 Å². The summed E-state index contributed by atoms with van der Waals surface area (Å²) in [5, 5.41) is 14.4. The van der Waals surface area contributed by atoms with Crippen molar-refractivity contribution < 1.29 is 5.11 Å². The van der Waals surface area contributed by atoms with Gasteiger partial charge in [0.25, 0.3) is 0 Å². The molecule has 0 saturated carbocycles. The van der Waals surface area contributed by atoms with Gasteiger partial charge in [-0.05, 0) is 35.4 Å². The highest BCUT2D eigenvalue weighted by molar-refractivity contribution is 7.10. The van der Waals surface area contributed by atoms with Crippen LogP contribution < -0.4 is 5.73 Å². The summed E-state index contributed by atoms with van der Waals surface area (Å²) < 4.78 is 0. The van der Waals surface area contributed by atoms with Crippen LogP contribution in [0.2, 0.25) is 0 Å². The van der Waals surface area contributed by atoms with Crippen LogP contribution in [0, 0.1) is 6.92 Å². The van der Waals surface area contributed by atoms with E-state index in [9.17, 15) is 5.11 Å². The zero-order valence-corrected chi connectivity index (χ0v) is 10.7. The number of thiophene rings is 2. The van der Waals surface area contributed by atoms with Crippen molar-refractivity contribution in [3.8, 4) is 0 Å². The summed E-state index contributed by atoms with van der Waals surface area (Å²) in [7, 11) is 0. The first-order valence-electron chi connectivity index (χ1n) is 5.19. The van der Waals surface area contributed by atoms with Crippen LogP contribution in [0.15, 0.2) is 29.0 Å². The molecule has 0 aromatic carbocycles. The Balaban J connectivity index is 2.26. The Kier molecular flexibility index (Phi) is 3.76. The molecule has 0 bridgehead atoms. The van der Waals surface area contributed by atoms with E-state index >= 15 is 0 Å². The van der Waals surface area contributed by atoms with Gasteiger partial charge in [-0.25, -0.2) is 0 Å². The maximum absolute atomic E-state index is 10.4. The minimum atomic E-state index is -0.483. The molecular formula is C12H15NOS2. The van der Waals surface area contributed by atoms with Crippen LogP contribution in [0.1, 0.15) is 27.3 Å². The molecule has 2 rings (SSSR count). The number of aliphatic hydroxyl groups is 1. The molecule has 0 spiro atoms. The second kappa shape index (κ2) is 5.10. The molecule has 0 aliphatic rings. The summed E-state index contributed by atoms with van der Waals surface area (Å²) in [6.45, 7) is 2.50. The third-order valence-electron chi connectivity index (χ3n) is 2.71. The highest BCUT2D eigenvalue weighted by Gasteiger charge is 2.24. The predicted octanol–water partition coefficient (Wildman–Crippen LogP) is 2.89. The van der Waals surface area contributed by atoms with E-state index in [1.54, 1.807) is 22.7 Å². The van der Waals surface area contributed by atoms with Crippen molar-refractivity contribution >= 4 is 22.7 Å². The van der Waals surface area contributed by atoms with Crippen LogP contribution in [-0.2, 0) is 0 Å². The minimum Gasteiger partial charge on any atom is -0.387 e. The second-order valence-electron chi connectivity index (χ2n) is 3.77. The Bertz CT molecular complexity index is 436. The Morgan fingerprint density at radius 3 is 2.62 bits per heavy atom. The third-order valence-corrected chi connectivity index (χ3v) is 4.81. The first kappa shape index (κ1) is 11.8. The van der Waals surface area contributed by atoms with Gasteiger partial charge in [-0.15, -0.1) is 22.7 Å². The average molecular weight is 253 g/mol. The summed E-state index contributed by atoms with van der Waals surface area (Å²) in [6.07, 6.45) is -0.483. The topological polar surface area (TPSA) is 46.2 Å². The minimum absolute atomic E-state index is 0.0114. The van der Waals surface area contributed by atoms with E-state index in [0.29, 0.717) is 6.54 Å². The molecule has 3 N–H and O–H groups in total. The van der Waals surface area contributed by atoms with Crippen LogP contribution in [-0.4, -0.2) is 11.7 Å². The van der Waals surface area contributed by atoms with E-state index in [2.05, 4.69) is 0 Å². The van der Waals surface area contributed by atoms with Crippen molar-refractivity contribution in [1.82, 2.24) is 0 Å². The smallest absolute Gasteiger partial charge is 0.0972 e. The van der Waals surface area contributed by atoms with E-state index in [1.807, 2.05) is 35.9 Å². The zero-order valence-electron chi connectivity index (χ0n) is 9.09. The van der Waals surface area contributed by atoms with Gasteiger partial charge in [-0.1, -0.05) is 6.07 Å². The van der Waals surface area contributed by atoms with Gasteiger partial charge in [0.05, 0.1) is 6.10 Å². The van der Waals surface area contributed by atoms with E-state index < -0.39 is 6.10 Å². The molecule has 0 saturated heterocycles. The van der Waals surface area contributed by atoms with Gasteiger partial charge < -0.3 is 10.8 Å². The quantitative estimate of drug-likeness (QED) is 0.880. The van der Waals surface area contributed by atoms with Gasteiger partial charge in [0.2, 0.25) is 0 Å². The molecule has 16 heavy (non-hydrogen) atoms. The number of rotatable bonds is 4. The normalized spacial score (nSPS) is 14.9. The summed E-state index contributed by atoms with van der Waals surface area (Å²) in [5.41, 5.74) is 6.92. The summed E-state index contributed by atoms with van der Waals surface area (Å²) in [6, 6.07) is 6.07. The fourth-order valence-electron chi connectivity index (χ4n) is 1.77. The molecule has 2 atom stereocenters. The maximum atomic E-state index is 10.4. The third kappa shape index (κ3) is 2.20. The van der Waals surface area contributed by atoms with E-state index in [4.69, 9.17) is 5.73 Å². The first-order chi connectivity index (χ1) is 7.74. The molecule has 0 fully saturated rings. The number of aliphatic hydroxyl groups excluding tert-OH is 1. The molecule has 0 aliphatic carbocycles. The SMILES string of the molecule is Cc1ccsc1C(O)C(CN)c1cccs1. The highest BCUT2D eigenvalue weighted by atomic mass is 32.1. The molecule has 2 aromatic heterocycles. The van der Waals surface area contributed by atoms with Crippen molar-refractivity contribution in [1.29, 1.82) is 0 Å². The van der Waals surface area contributed by atoms with Crippen LogP contribution in [0.5, 0.6) is 0 Å². The molecule has 2 aromatic rings. The van der Waals surface area contributed by atoms with Crippen LogP contribution in [0.4, 0.5) is 0 Å². The van der Waals surface area contributed by atoms with Gasteiger partial charge in [0.15, 0.2) is 0 Å². The van der Waals surface area contributed by atoms with Crippen LogP contribution in [0.3, 0.4) is 0 Å². The van der Waals surface area contributed by atoms with Crippen molar-refractivity contribution in [3.63, 3.8) is 0 Å². The Hall–Kier alpha value is -0.680. The molecule has 86 valence electrons. The van der Waals surface area contributed by atoms with Crippen molar-refractivity contribution in [3.05, 3.63) is 44.3 Å². The average Bonchev–Trinajstić information content (AvgIpc) is 2.90. The standard InChI is InChI=1S/C12H15NOS2/c1-8-4-6-16-12(8)11(14)9(7-13)10-3-2-5-15-10/h2-6,9,11,14H,7,13H2,1H3. The number of hydrogen-bond donors (Lipinski definition) is 2. The van der Waals surface area contributed by atoms with E-state index in [0.717, 1.165) is 15.3 Å². The Morgan fingerprint density at radius 2 is 2.12 bits per heavy atom. The lowest BCUT2D eigenvalue weighted by Gasteiger charge is -2.20. The van der Waals surface area contributed by atoms with Crippen molar-refractivity contribution in [2.75, 3.05) is 6.54 Å². The predicted molar refractivity (Wildman–Crippen MR) is 70.1 cm³/mol. The van der Waals surface area contributed by atoms with Gasteiger partial charge >= 0.3 is 0 Å². The summed E-state index contributed by atoms with van der Waals surface area (Å²) in [4.78, 5) is 2.19. The molecule has 2 heterocycles. The van der Waals surface area contributed by atoms with Crippen molar-refractivity contribution in [2.45, 2.75) is 18.9 Å². The summed E-state index contributed by atoms with van der Waals surface area (Å²) >= 11 is 3.25. The lowest BCUT2D eigenvalue weighted by atomic mass is 9.98. The van der Waals surface area contributed by atoms with Gasteiger partial charge in [-0.2, -0.15) is 0 Å². The molecule has 0 amide bonds. The first-order valence-corrected chi connectivity index (χ1v) is 6.95. The van der Waals surface area contributed by atoms with E-state index in [1.165, 1.54) is 0 Å². The number of hydrogen-bond acceptors (Lipinski definition) is 4. The molecule has 4 heteroatoms. The van der Waals surface area contributed by atoms with Crippen LogP contribution >= 0.6 is 22.7 Å². The molecule has 2 unspecified atom stereocenters. The lowest BCUT2D eigenvalue weighted by molar-refractivity contribution is 0.152. The highest BCUT2D eigenvalue weighted by Crippen LogP contribution is 2.36. The molecule has 2 nitrogen and oxygen atoms in total. The molecule has 0 aliphatic heterocycles. The zero-order chi connectivity index (χ0) is 11.5. The maximum Gasteiger partial charge on any atom is 0.0972 e. The lowest BCUT2D eigenvalue weighted by Crippen LogP contribution is -2.19. The Labute approximate surface area is 103 Å². The molecular weight excluding hydrogens is 238 g/mol. The summed E-state index contributed by atoms with van der Waals surface area (Å²) in [5.74, 6) is 0.0114. The fraction of sp³-hybridized carbons (Fsp3) is 0.333. The number of nitrogens with two attached hydrogens (primary N) is 1. The Morgan fingerprint density at radius 1 is 1.31 bits per heavy atom. The monoisotopic (exact) mass is 253 g/mol. The van der Waals surface area contributed by atoms with Gasteiger partial charge in [0.1, 0.15) is 0 Å². The fourth-order valence-corrected chi connectivity index (χ4v) is 3.62. The largest absolute Gasteiger partial charge is 0.387 e. The molecule has 0 radical (unpaired) electrons. The van der Waals surface area contributed by atoms with Gasteiger partial charge in [-0.3, -0.25) is 0 Å². The van der Waals surface area contributed by atoms with Crippen LogP contribution in [0.25, 0.3) is 0 Å². The number of aryl methyl sites for hydroxylation is 1. The van der Waals surface area contributed by atoms with Crippen molar-refractivity contribution in [2.24, 2.45) is 5.73 Å². The van der Waals surface area contributed by atoms with E-state index in [-0.39, 0.29) is 5.92 Å². The second-order valence-corrected chi connectivity index (χ2v) is 5.70.